The molecule has 0 radical (unpaired) electrons. The predicted octanol–water partition coefficient (Wildman–Crippen LogP) is 4.36. The molecule has 4 aromatic rings. The summed E-state index contributed by atoms with van der Waals surface area (Å²) in [6.45, 7) is 4.60. The number of imidazole rings is 2. The van der Waals surface area contributed by atoms with Crippen molar-refractivity contribution in [2.75, 3.05) is 0 Å². The largest absolute Gasteiger partial charge is 0.306 e. The quantitative estimate of drug-likeness (QED) is 0.548. The molecule has 5 rings (SSSR count). The number of nitrogens with zero attached hydrogens (tertiary/aromatic N) is 4. The summed E-state index contributed by atoms with van der Waals surface area (Å²) in [5.41, 5.74) is 7.60. The summed E-state index contributed by atoms with van der Waals surface area (Å²) in [6.07, 6.45) is 11.3. The standard InChI is InChI=1S/C21H18N4/c1-21(2)19-11-15(24-9-7-22-13-24)3-5-17(19)18-6-4-16(12-20(18)21)25-10-8-23-14-25/h3-14H,1-2H3. The Morgan fingerprint density at radius 1 is 0.720 bits per heavy atom. The summed E-state index contributed by atoms with van der Waals surface area (Å²) in [5, 5.41) is 0. The minimum absolute atomic E-state index is 0.0438. The Hall–Kier alpha value is -3.14. The van der Waals surface area contributed by atoms with Gasteiger partial charge < -0.3 is 9.13 Å². The van der Waals surface area contributed by atoms with Gasteiger partial charge in [0.15, 0.2) is 0 Å². The molecule has 0 atom stereocenters. The average molecular weight is 326 g/mol. The van der Waals surface area contributed by atoms with Crippen LogP contribution in [0.4, 0.5) is 0 Å². The lowest BCUT2D eigenvalue weighted by Gasteiger charge is -2.22. The summed E-state index contributed by atoms with van der Waals surface area (Å²) in [6, 6.07) is 13.4. The topological polar surface area (TPSA) is 35.6 Å². The first-order valence-corrected chi connectivity index (χ1v) is 8.41. The lowest BCUT2D eigenvalue weighted by atomic mass is 9.82. The third kappa shape index (κ3) is 2.00. The predicted molar refractivity (Wildman–Crippen MR) is 98.3 cm³/mol. The highest BCUT2D eigenvalue weighted by molar-refractivity contribution is 5.82. The van der Waals surface area contributed by atoms with Gasteiger partial charge >= 0.3 is 0 Å². The van der Waals surface area contributed by atoms with E-state index in [2.05, 4.69) is 69.3 Å². The Morgan fingerprint density at radius 3 is 1.60 bits per heavy atom. The van der Waals surface area contributed by atoms with Crippen molar-refractivity contribution >= 4 is 0 Å². The smallest absolute Gasteiger partial charge is 0.0991 e. The molecular weight excluding hydrogens is 308 g/mol. The van der Waals surface area contributed by atoms with Crippen LogP contribution in [0.3, 0.4) is 0 Å². The first-order chi connectivity index (χ1) is 12.1. The Balaban J connectivity index is 1.68. The third-order valence-electron chi connectivity index (χ3n) is 5.25. The summed E-state index contributed by atoms with van der Waals surface area (Å²) in [4.78, 5) is 8.32. The van der Waals surface area contributed by atoms with E-state index in [9.17, 15) is 0 Å². The van der Waals surface area contributed by atoms with E-state index >= 15 is 0 Å². The molecule has 1 aliphatic carbocycles. The van der Waals surface area contributed by atoms with Crippen LogP contribution in [0.1, 0.15) is 25.0 Å². The van der Waals surface area contributed by atoms with Crippen molar-refractivity contribution in [2.45, 2.75) is 19.3 Å². The van der Waals surface area contributed by atoms with Gasteiger partial charge in [-0.1, -0.05) is 26.0 Å². The van der Waals surface area contributed by atoms with E-state index < -0.39 is 0 Å². The molecule has 0 saturated heterocycles. The first-order valence-electron chi connectivity index (χ1n) is 8.41. The number of fused-ring (bicyclic) bond motifs is 3. The van der Waals surface area contributed by atoms with Gasteiger partial charge in [0, 0.05) is 41.6 Å². The van der Waals surface area contributed by atoms with E-state index in [1.165, 1.54) is 22.3 Å². The molecule has 0 saturated carbocycles. The Kier molecular flexibility index (Phi) is 2.80. The second kappa shape index (κ2) is 4.93. The first kappa shape index (κ1) is 14.2. The maximum absolute atomic E-state index is 4.16. The van der Waals surface area contributed by atoms with E-state index in [4.69, 9.17) is 0 Å². The number of benzene rings is 2. The lowest BCUT2D eigenvalue weighted by molar-refractivity contribution is 0.659. The normalized spacial score (nSPS) is 14.3. The monoisotopic (exact) mass is 326 g/mol. The SMILES string of the molecule is CC1(C)c2cc(-n3ccnc3)ccc2-c2ccc(-n3ccnc3)cc21. The van der Waals surface area contributed by atoms with Gasteiger partial charge in [0.25, 0.3) is 0 Å². The fourth-order valence-electron chi connectivity index (χ4n) is 3.86. The zero-order chi connectivity index (χ0) is 17.0. The van der Waals surface area contributed by atoms with E-state index in [1.54, 1.807) is 0 Å². The molecule has 4 nitrogen and oxygen atoms in total. The van der Waals surface area contributed by atoms with E-state index in [0.29, 0.717) is 0 Å². The highest BCUT2D eigenvalue weighted by Crippen LogP contribution is 2.49. The van der Waals surface area contributed by atoms with Gasteiger partial charge in [-0.3, -0.25) is 0 Å². The summed E-state index contributed by atoms with van der Waals surface area (Å²) >= 11 is 0. The van der Waals surface area contributed by atoms with Crippen LogP contribution in [0.5, 0.6) is 0 Å². The molecule has 0 spiro atoms. The number of aromatic nitrogens is 4. The van der Waals surface area contributed by atoms with Gasteiger partial charge in [-0.25, -0.2) is 9.97 Å². The maximum Gasteiger partial charge on any atom is 0.0991 e. The summed E-state index contributed by atoms with van der Waals surface area (Å²) in [5.74, 6) is 0. The van der Waals surface area contributed by atoms with Crippen LogP contribution in [0, 0.1) is 0 Å². The lowest BCUT2D eigenvalue weighted by Crippen LogP contribution is -2.15. The van der Waals surface area contributed by atoms with Gasteiger partial charge in [0.2, 0.25) is 0 Å². The molecule has 0 amide bonds. The third-order valence-corrected chi connectivity index (χ3v) is 5.25. The zero-order valence-electron chi connectivity index (χ0n) is 14.2. The van der Waals surface area contributed by atoms with Crippen LogP contribution in [-0.2, 0) is 5.41 Å². The molecule has 2 aromatic heterocycles. The molecule has 0 N–H and O–H groups in total. The maximum atomic E-state index is 4.16. The molecule has 0 bridgehead atoms. The second-order valence-corrected chi connectivity index (χ2v) is 7.02. The molecule has 4 heteroatoms. The van der Waals surface area contributed by atoms with Gasteiger partial charge in [-0.2, -0.15) is 0 Å². The van der Waals surface area contributed by atoms with Crippen LogP contribution >= 0.6 is 0 Å². The number of hydrogen-bond donors (Lipinski definition) is 0. The molecule has 2 aromatic carbocycles. The summed E-state index contributed by atoms with van der Waals surface area (Å²) < 4.78 is 4.10. The highest BCUT2D eigenvalue weighted by atomic mass is 15.0. The van der Waals surface area contributed by atoms with Crippen LogP contribution < -0.4 is 0 Å². The molecule has 122 valence electrons. The fraction of sp³-hybridized carbons (Fsp3) is 0.143. The number of hydrogen-bond acceptors (Lipinski definition) is 2. The summed E-state index contributed by atoms with van der Waals surface area (Å²) in [7, 11) is 0. The highest BCUT2D eigenvalue weighted by Gasteiger charge is 2.35. The van der Waals surface area contributed by atoms with Crippen LogP contribution in [0.2, 0.25) is 0 Å². The average Bonchev–Trinajstić information content (AvgIpc) is 3.36. The van der Waals surface area contributed by atoms with Crippen molar-refractivity contribution in [2.24, 2.45) is 0 Å². The zero-order valence-corrected chi connectivity index (χ0v) is 14.2. The van der Waals surface area contributed by atoms with E-state index in [1.807, 2.05) is 37.4 Å². The van der Waals surface area contributed by atoms with Gasteiger partial charge in [-0.15, -0.1) is 0 Å². The van der Waals surface area contributed by atoms with Crippen LogP contribution in [-0.4, -0.2) is 19.1 Å². The van der Waals surface area contributed by atoms with Crippen molar-refractivity contribution in [1.82, 2.24) is 19.1 Å². The Morgan fingerprint density at radius 2 is 1.20 bits per heavy atom. The minimum atomic E-state index is -0.0438. The number of rotatable bonds is 2. The molecule has 0 fully saturated rings. The molecule has 0 unspecified atom stereocenters. The molecule has 0 aliphatic heterocycles. The van der Waals surface area contributed by atoms with E-state index in [-0.39, 0.29) is 5.41 Å². The van der Waals surface area contributed by atoms with Crippen molar-refractivity contribution < 1.29 is 0 Å². The molecule has 2 heterocycles. The van der Waals surface area contributed by atoms with Crippen LogP contribution in [0.15, 0.2) is 73.8 Å². The molecule has 25 heavy (non-hydrogen) atoms. The molecular formula is C21H18N4. The fourth-order valence-corrected chi connectivity index (χ4v) is 3.86. The molecule has 1 aliphatic rings. The van der Waals surface area contributed by atoms with Crippen molar-refractivity contribution in [3.63, 3.8) is 0 Å². The van der Waals surface area contributed by atoms with Gasteiger partial charge in [-0.05, 0) is 46.5 Å². The van der Waals surface area contributed by atoms with Gasteiger partial charge in [0.1, 0.15) is 0 Å². The van der Waals surface area contributed by atoms with Gasteiger partial charge in [0.05, 0.1) is 12.7 Å². The Bertz CT molecular complexity index is 972. The van der Waals surface area contributed by atoms with Crippen molar-refractivity contribution in [3.8, 4) is 22.5 Å². The van der Waals surface area contributed by atoms with Crippen molar-refractivity contribution in [3.05, 3.63) is 85.0 Å². The van der Waals surface area contributed by atoms with Crippen molar-refractivity contribution in [1.29, 1.82) is 0 Å². The second-order valence-electron chi connectivity index (χ2n) is 7.02. The van der Waals surface area contributed by atoms with E-state index in [0.717, 1.165) is 11.4 Å². The van der Waals surface area contributed by atoms with Crippen LogP contribution in [0.25, 0.3) is 22.5 Å². The Labute approximate surface area is 146 Å². The minimum Gasteiger partial charge on any atom is -0.306 e.